The fraction of sp³-hybridized carbons (Fsp3) is 0.609. The summed E-state index contributed by atoms with van der Waals surface area (Å²) < 4.78 is 10.8. The van der Waals surface area contributed by atoms with Crippen LogP contribution in [0, 0.1) is 5.92 Å². The Kier molecular flexibility index (Phi) is 7.70. The Morgan fingerprint density at radius 1 is 1.19 bits per heavy atom. The molecule has 2 amide bonds. The number of nitrogens with zero attached hydrogens (tertiary/aromatic N) is 1. The largest absolute Gasteiger partial charge is 0.458 e. The Labute approximate surface area is 183 Å². The van der Waals surface area contributed by atoms with Gasteiger partial charge in [0.1, 0.15) is 23.8 Å². The molecule has 1 aliphatic heterocycles. The predicted octanol–water partition coefficient (Wildman–Crippen LogP) is 2.63. The molecule has 3 atom stereocenters. The molecule has 8 nitrogen and oxygen atoms in total. The number of benzene rings is 1. The summed E-state index contributed by atoms with van der Waals surface area (Å²) in [6.07, 6.45) is -1.84. The van der Waals surface area contributed by atoms with Gasteiger partial charge < -0.3 is 24.8 Å². The van der Waals surface area contributed by atoms with Gasteiger partial charge >= 0.3 is 12.1 Å². The van der Waals surface area contributed by atoms with E-state index in [0.717, 1.165) is 5.56 Å². The van der Waals surface area contributed by atoms with E-state index in [4.69, 9.17) is 9.47 Å². The zero-order valence-electron chi connectivity index (χ0n) is 19.2. The van der Waals surface area contributed by atoms with Crippen LogP contribution in [0.5, 0.6) is 0 Å². The third-order valence-corrected chi connectivity index (χ3v) is 5.26. The molecule has 2 N–H and O–H groups in total. The first-order valence-corrected chi connectivity index (χ1v) is 10.6. The lowest BCUT2D eigenvalue weighted by molar-refractivity contribution is -0.166. The Morgan fingerprint density at radius 3 is 2.32 bits per heavy atom. The molecular weight excluding hydrogens is 400 g/mol. The monoisotopic (exact) mass is 434 g/mol. The number of amides is 2. The predicted molar refractivity (Wildman–Crippen MR) is 115 cm³/mol. The van der Waals surface area contributed by atoms with Crippen molar-refractivity contribution >= 4 is 18.0 Å². The SMILES string of the molecule is CC(C)[C@@H](C(=O)OC(C)(C)C)N1CC[C@](NC(=O)OCc2ccccc2)([C@@H](C)O)C1=O. The van der Waals surface area contributed by atoms with E-state index in [0.29, 0.717) is 0 Å². The van der Waals surface area contributed by atoms with Crippen molar-refractivity contribution in [1.82, 2.24) is 10.2 Å². The number of nitrogens with one attached hydrogen (secondary N) is 1. The van der Waals surface area contributed by atoms with Crippen molar-refractivity contribution in [2.45, 2.75) is 77.9 Å². The number of aliphatic hydroxyl groups excluding tert-OH is 1. The van der Waals surface area contributed by atoms with E-state index >= 15 is 0 Å². The second kappa shape index (κ2) is 9.68. The number of likely N-dealkylation sites (tertiary alicyclic amines) is 1. The molecule has 8 heteroatoms. The highest BCUT2D eigenvalue weighted by Crippen LogP contribution is 2.31. The smallest absolute Gasteiger partial charge is 0.408 e. The number of rotatable bonds is 7. The van der Waals surface area contributed by atoms with Crippen molar-refractivity contribution in [2.24, 2.45) is 5.92 Å². The number of hydrogen-bond donors (Lipinski definition) is 2. The molecule has 0 aliphatic carbocycles. The summed E-state index contributed by atoms with van der Waals surface area (Å²) in [5.41, 5.74) is -1.47. The standard InChI is InChI=1S/C23H34N2O6/c1-15(2)18(19(27)31-22(4,5)6)25-13-12-23(16(3)26,20(25)28)24-21(29)30-14-17-10-8-7-9-11-17/h7-11,15-16,18,26H,12-14H2,1-6H3,(H,24,29)/t16-,18+,23+/m1/s1. The summed E-state index contributed by atoms with van der Waals surface area (Å²) in [6, 6.07) is 8.31. The van der Waals surface area contributed by atoms with Crippen LogP contribution in [0.4, 0.5) is 4.79 Å². The summed E-state index contributed by atoms with van der Waals surface area (Å²) >= 11 is 0. The zero-order chi connectivity index (χ0) is 23.4. The van der Waals surface area contributed by atoms with Crippen molar-refractivity contribution in [3.8, 4) is 0 Å². The number of carbonyl (C=O) groups excluding carboxylic acids is 3. The van der Waals surface area contributed by atoms with Crippen LogP contribution in [0.25, 0.3) is 0 Å². The molecule has 1 heterocycles. The fourth-order valence-corrected chi connectivity index (χ4v) is 3.70. The molecule has 0 radical (unpaired) electrons. The normalized spacial score (nSPS) is 21.0. The Balaban J connectivity index is 2.16. The van der Waals surface area contributed by atoms with Gasteiger partial charge in [0.2, 0.25) is 0 Å². The maximum absolute atomic E-state index is 13.4. The number of aliphatic hydroxyl groups is 1. The lowest BCUT2D eigenvalue weighted by Crippen LogP contribution is -2.62. The molecule has 0 aromatic heterocycles. The minimum absolute atomic E-state index is 0.0347. The van der Waals surface area contributed by atoms with Crippen LogP contribution in [0.3, 0.4) is 0 Å². The summed E-state index contributed by atoms with van der Waals surface area (Å²) in [7, 11) is 0. The average molecular weight is 435 g/mol. The zero-order valence-corrected chi connectivity index (χ0v) is 19.2. The Bertz CT molecular complexity index is 787. The van der Waals surface area contributed by atoms with Crippen LogP contribution in [0.2, 0.25) is 0 Å². The summed E-state index contributed by atoms with van der Waals surface area (Å²) in [5, 5.41) is 13.0. The van der Waals surface area contributed by atoms with Crippen molar-refractivity contribution in [3.05, 3.63) is 35.9 Å². The molecule has 1 aromatic carbocycles. The number of carbonyl (C=O) groups is 3. The van der Waals surface area contributed by atoms with Gasteiger partial charge in [-0.2, -0.15) is 0 Å². The van der Waals surface area contributed by atoms with Gasteiger partial charge in [-0.25, -0.2) is 9.59 Å². The minimum atomic E-state index is -1.57. The van der Waals surface area contributed by atoms with E-state index in [1.54, 1.807) is 20.8 Å². The Morgan fingerprint density at radius 2 is 1.81 bits per heavy atom. The molecule has 0 spiro atoms. The molecule has 31 heavy (non-hydrogen) atoms. The summed E-state index contributed by atoms with van der Waals surface area (Å²) in [4.78, 5) is 40.0. The molecule has 0 bridgehead atoms. The lowest BCUT2D eigenvalue weighted by atomic mass is 9.91. The van der Waals surface area contributed by atoms with Crippen molar-refractivity contribution in [2.75, 3.05) is 6.54 Å². The lowest BCUT2D eigenvalue weighted by Gasteiger charge is -2.35. The van der Waals surface area contributed by atoms with E-state index in [9.17, 15) is 19.5 Å². The second-order valence-electron chi connectivity index (χ2n) is 9.30. The van der Waals surface area contributed by atoms with Crippen molar-refractivity contribution in [3.63, 3.8) is 0 Å². The van der Waals surface area contributed by atoms with Gasteiger partial charge in [-0.3, -0.25) is 4.79 Å². The Hall–Kier alpha value is -2.61. The molecule has 1 saturated heterocycles. The number of alkyl carbamates (subject to hydrolysis) is 1. The van der Waals surface area contributed by atoms with Crippen LogP contribution in [0.1, 0.15) is 53.5 Å². The van der Waals surface area contributed by atoms with Crippen molar-refractivity contribution < 1.29 is 29.0 Å². The summed E-state index contributed by atoms with van der Waals surface area (Å²) in [5.74, 6) is -1.25. The van der Waals surface area contributed by atoms with Gasteiger partial charge in [-0.05, 0) is 45.6 Å². The molecule has 1 fully saturated rings. The number of esters is 1. The topological polar surface area (TPSA) is 105 Å². The summed E-state index contributed by atoms with van der Waals surface area (Å²) in [6.45, 7) is 10.6. The minimum Gasteiger partial charge on any atom is -0.458 e. The first-order chi connectivity index (χ1) is 14.4. The highest BCUT2D eigenvalue weighted by molar-refractivity contribution is 5.95. The van der Waals surface area contributed by atoms with Gasteiger partial charge in [-0.15, -0.1) is 0 Å². The molecule has 0 saturated carbocycles. The quantitative estimate of drug-likeness (QED) is 0.639. The van der Waals surface area contributed by atoms with Crippen LogP contribution in [-0.4, -0.2) is 57.8 Å². The van der Waals surface area contributed by atoms with Crippen molar-refractivity contribution in [1.29, 1.82) is 0 Å². The van der Waals surface area contributed by atoms with Gasteiger partial charge in [0, 0.05) is 6.54 Å². The molecule has 1 aromatic rings. The van der Waals surface area contributed by atoms with E-state index in [2.05, 4.69) is 5.32 Å². The van der Waals surface area contributed by atoms with Crippen LogP contribution >= 0.6 is 0 Å². The maximum atomic E-state index is 13.4. The third-order valence-electron chi connectivity index (χ3n) is 5.26. The average Bonchev–Trinajstić information content (AvgIpc) is 2.97. The van der Waals surface area contributed by atoms with Crippen LogP contribution in [-0.2, 0) is 25.7 Å². The van der Waals surface area contributed by atoms with Crippen LogP contribution < -0.4 is 5.32 Å². The van der Waals surface area contributed by atoms with E-state index < -0.39 is 41.3 Å². The molecule has 1 aliphatic rings. The fourth-order valence-electron chi connectivity index (χ4n) is 3.70. The maximum Gasteiger partial charge on any atom is 0.408 e. The van der Waals surface area contributed by atoms with Crippen LogP contribution in [0.15, 0.2) is 30.3 Å². The van der Waals surface area contributed by atoms with Gasteiger partial charge in [0.15, 0.2) is 0 Å². The van der Waals surface area contributed by atoms with E-state index in [1.807, 2.05) is 44.2 Å². The first-order valence-electron chi connectivity index (χ1n) is 10.6. The molecule has 172 valence electrons. The second-order valence-corrected chi connectivity index (χ2v) is 9.30. The van der Waals surface area contributed by atoms with Gasteiger partial charge in [-0.1, -0.05) is 44.2 Å². The number of hydrogen-bond acceptors (Lipinski definition) is 6. The van der Waals surface area contributed by atoms with E-state index in [-0.39, 0.29) is 25.5 Å². The van der Waals surface area contributed by atoms with Gasteiger partial charge in [0.05, 0.1) is 6.10 Å². The molecular formula is C23H34N2O6. The van der Waals surface area contributed by atoms with E-state index in [1.165, 1.54) is 11.8 Å². The highest BCUT2D eigenvalue weighted by Gasteiger charge is 2.55. The molecule has 0 unspecified atom stereocenters. The molecule has 2 rings (SSSR count). The van der Waals surface area contributed by atoms with Gasteiger partial charge in [0.25, 0.3) is 5.91 Å². The number of ether oxygens (including phenoxy) is 2. The third kappa shape index (κ3) is 5.97. The first kappa shape index (κ1) is 24.7. The highest BCUT2D eigenvalue weighted by atomic mass is 16.6.